The molecule has 0 aliphatic carbocycles. The zero-order valence-corrected chi connectivity index (χ0v) is 13.0. The molecule has 1 atom stereocenters. The van der Waals surface area contributed by atoms with E-state index in [4.69, 9.17) is 15.3 Å². The van der Waals surface area contributed by atoms with Crippen molar-refractivity contribution in [1.29, 1.82) is 10.5 Å². The van der Waals surface area contributed by atoms with Crippen LogP contribution in [0.4, 0.5) is 5.69 Å². The van der Waals surface area contributed by atoms with Gasteiger partial charge in [0.15, 0.2) is 6.10 Å². The number of ether oxygens (including phenoxy) is 1. The van der Waals surface area contributed by atoms with Crippen LogP contribution < -0.4 is 10.1 Å². The summed E-state index contributed by atoms with van der Waals surface area (Å²) < 4.78 is 5.32. The summed E-state index contributed by atoms with van der Waals surface area (Å²) in [6, 6.07) is 15.2. The normalized spacial score (nSPS) is 11.0. The van der Waals surface area contributed by atoms with Gasteiger partial charge in [-0.15, -0.1) is 0 Å². The van der Waals surface area contributed by atoms with Gasteiger partial charge in [0.25, 0.3) is 5.91 Å². The molecule has 2 aromatic rings. The number of aliphatic hydroxyl groups is 1. The molecule has 0 radical (unpaired) electrons. The van der Waals surface area contributed by atoms with Crippen LogP contribution in [0.3, 0.4) is 0 Å². The van der Waals surface area contributed by atoms with Crippen molar-refractivity contribution >= 4 is 11.6 Å². The SMILES string of the molecule is Cc1cc(NC(=O)[C@@H](O)COc2ccc(C#N)cc2)ccc1C#N. The molecule has 0 aromatic heterocycles. The molecule has 0 unspecified atom stereocenters. The monoisotopic (exact) mass is 321 g/mol. The summed E-state index contributed by atoms with van der Waals surface area (Å²) in [5.41, 5.74) is 2.25. The van der Waals surface area contributed by atoms with Gasteiger partial charge < -0.3 is 15.2 Å². The van der Waals surface area contributed by atoms with Crippen LogP contribution >= 0.6 is 0 Å². The van der Waals surface area contributed by atoms with E-state index in [1.165, 1.54) is 0 Å². The fourth-order valence-corrected chi connectivity index (χ4v) is 1.97. The van der Waals surface area contributed by atoms with Crippen LogP contribution in [-0.4, -0.2) is 23.7 Å². The Labute approximate surface area is 139 Å². The van der Waals surface area contributed by atoms with Gasteiger partial charge in [-0.2, -0.15) is 10.5 Å². The summed E-state index contributed by atoms with van der Waals surface area (Å²) >= 11 is 0. The van der Waals surface area contributed by atoms with Crippen molar-refractivity contribution < 1.29 is 14.6 Å². The van der Waals surface area contributed by atoms with Crippen molar-refractivity contribution in [3.63, 3.8) is 0 Å². The molecule has 6 heteroatoms. The number of aliphatic hydroxyl groups excluding tert-OH is 1. The van der Waals surface area contributed by atoms with Crippen LogP contribution in [-0.2, 0) is 4.79 Å². The highest BCUT2D eigenvalue weighted by molar-refractivity contribution is 5.94. The minimum Gasteiger partial charge on any atom is -0.490 e. The molecule has 0 saturated carbocycles. The Balaban J connectivity index is 1.91. The Hall–Kier alpha value is -3.35. The summed E-state index contributed by atoms with van der Waals surface area (Å²) in [6.07, 6.45) is -1.35. The number of nitriles is 2. The third kappa shape index (κ3) is 4.33. The number of hydrogen-bond donors (Lipinski definition) is 2. The molecule has 24 heavy (non-hydrogen) atoms. The van der Waals surface area contributed by atoms with E-state index in [1.54, 1.807) is 49.4 Å². The Bertz CT molecular complexity index is 817. The largest absolute Gasteiger partial charge is 0.490 e. The zero-order chi connectivity index (χ0) is 17.5. The van der Waals surface area contributed by atoms with E-state index in [0.717, 1.165) is 5.56 Å². The molecule has 1 amide bonds. The Morgan fingerprint density at radius 2 is 1.92 bits per heavy atom. The van der Waals surface area contributed by atoms with Crippen LogP contribution in [0.25, 0.3) is 0 Å². The molecule has 2 N–H and O–H groups in total. The van der Waals surface area contributed by atoms with Crippen molar-refractivity contribution in [2.75, 3.05) is 11.9 Å². The highest BCUT2D eigenvalue weighted by atomic mass is 16.5. The summed E-state index contributed by atoms with van der Waals surface area (Å²) in [6.45, 7) is 1.55. The van der Waals surface area contributed by atoms with Gasteiger partial charge in [-0.05, 0) is 55.0 Å². The second kappa shape index (κ2) is 7.77. The topological polar surface area (TPSA) is 106 Å². The number of carbonyl (C=O) groups excluding carboxylic acids is 1. The second-order valence-electron chi connectivity index (χ2n) is 5.09. The molecule has 0 saturated heterocycles. The highest BCUT2D eigenvalue weighted by Gasteiger charge is 2.16. The number of carbonyl (C=O) groups is 1. The highest BCUT2D eigenvalue weighted by Crippen LogP contribution is 2.15. The van der Waals surface area contributed by atoms with E-state index in [1.807, 2.05) is 12.1 Å². The van der Waals surface area contributed by atoms with Crippen molar-refractivity contribution in [3.8, 4) is 17.9 Å². The maximum Gasteiger partial charge on any atom is 0.256 e. The Kier molecular flexibility index (Phi) is 5.51. The first-order chi connectivity index (χ1) is 11.5. The number of aryl methyl sites for hydroxylation is 1. The molecule has 6 nitrogen and oxygen atoms in total. The van der Waals surface area contributed by atoms with Crippen molar-refractivity contribution in [1.82, 2.24) is 0 Å². The molecule has 0 aliphatic rings. The van der Waals surface area contributed by atoms with Gasteiger partial charge in [-0.1, -0.05) is 0 Å². The first-order valence-corrected chi connectivity index (χ1v) is 7.16. The van der Waals surface area contributed by atoms with Gasteiger partial charge in [0.1, 0.15) is 12.4 Å². The average molecular weight is 321 g/mol. The van der Waals surface area contributed by atoms with Gasteiger partial charge >= 0.3 is 0 Å². The maximum absolute atomic E-state index is 12.0. The van der Waals surface area contributed by atoms with Gasteiger partial charge in [-0.25, -0.2) is 0 Å². The summed E-state index contributed by atoms with van der Waals surface area (Å²) in [5, 5.41) is 30.0. The van der Waals surface area contributed by atoms with Crippen molar-refractivity contribution in [2.24, 2.45) is 0 Å². The predicted octanol–water partition coefficient (Wildman–Crippen LogP) is 2.12. The second-order valence-corrected chi connectivity index (χ2v) is 5.09. The van der Waals surface area contributed by atoms with E-state index in [-0.39, 0.29) is 6.61 Å². The minimum atomic E-state index is -1.35. The first kappa shape index (κ1) is 17.0. The summed E-state index contributed by atoms with van der Waals surface area (Å²) in [5.74, 6) is -0.150. The summed E-state index contributed by atoms with van der Waals surface area (Å²) in [4.78, 5) is 12.0. The predicted molar refractivity (Wildman–Crippen MR) is 87.2 cm³/mol. The fourth-order valence-electron chi connectivity index (χ4n) is 1.97. The Morgan fingerprint density at radius 3 is 2.50 bits per heavy atom. The lowest BCUT2D eigenvalue weighted by Gasteiger charge is -2.13. The Morgan fingerprint density at radius 1 is 1.21 bits per heavy atom. The van der Waals surface area contributed by atoms with E-state index in [0.29, 0.717) is 22.6 Å². The number of nitrogens with one attached hydrogen (secondary N) is 1. The van der Waals surface area contributed by atoms with E-state index in [9.17, 15) is 9.90 Å². The van der Waals surface area contributed by atoms with Crippen LogP contribution in [0.2, 0.25) is 0 Å². The zero-order valence-electron chi connectivity index (χ0n) is 13.0. The maximum atomic E-state index is 12.0. The number of rotatable bonds is 5. The van der Waals surface area contributed by atoms with Gasteiger partial charge in [0.2, 0.25) is 0 Å². The molecule has 0 bridgehead atoms. The molecule has 0 spiro atoms. The van der Waals surface area contributed by atoms with Crippen LogP contribution in [0, 0.1) is 29.6 Å². The molecule has 2 rings (SSSR count). The lowest BCUT2D eigenvalue weighted by Crippen LogP contribution is -2.32. The molecule has 0 fully saturated rings. The standard InChI is InChI=1S/C18H15N3O3/c1-12-8-15(5-4-14(12)10-20)21-18(23)17(22)11-24-16-6-2-13(9-19)3-7-16/h2-8,17,22H,11H2,1H3,(H,21,23)/t17-/m0/s1. The van der Waals surface area contributed by atoms with E-state index < -0.39 is 12.0 Å². The third-order valence-electron chi connectivity index (χ3n) is 3.31. The van der Waals surface area contributed by atoms with Gasteiger partial charge in [-0.3, -0.25) is 4.79 Å². The molecule has 0 aliphatic heterocycles. The molecule has 120 valence electrons. The van der Waals surface area contributed by atoms with Crippen LogP contribution in [0.1, 0.15) is 16.7 Å². The molecular formula is C18H15N3O3. The van der Waals surface area contributed by atoms with E-state index >= 15 is 0 Å². The van der Waals surface area contributed by atoms with Crippen molar-refractivity contribution in [3.05, 3.63) is 59.2 Å². The number of anilines is 1. The van der Waals surface area contributed by atoms with E-state index in [2.05, 4.69) is 5.32 Å². The number of nitrogens with zero attached hydrogens (tertiary/aromatic N) is 2. The number of amides is 1. The molecule has 0 heterocycles. The fraction of sp³-hybridized carbons (Fsp3) is 0.167. The lowest BCUT2D eigenvalue weighted by atomic mass is 10.1. The quantitative estimate of drug-likeness (QED) is 0.877. The van der Waals surface area contributed by atoms with Crippen LogP contribution in [0.5, 0.6) is 5.75 Å². The van der Waals surface area contributed by atoms with Gasteiger partial charge in [0, 0.05) is 5.69 Å². The first-order valence-electron chi connectivity index (χ1n) is 7.16. The molecule has 2 aromatic carbocycles. The summed E-state index contributed by atoms with van der Waals surface area (Å²) in [7, 11) is 0. The number of benzene rings is 2. The van der Waals surface area contributed by atoms with Crippen molar-refractivity contribution in [2.45, 2.75) is 13.0 Å². The number of hydrogen-bond acceptors (Lipinski definition) is 5. The van der Waals surface area contributed by atoms with Crippen LogP contribution in [0.15, 0.2) is 42.5 Å². The van der Waals surface area contributed by atoms with Gasteiger partial charge in [0.05, 0.1) is 23.3 Å². The third-order valence-corrected chi connectivity index (χ3v) is 3.31. The lowest BCUT2D eigenvalue weighted by molar-refractivity contribution is -0.125. The smallest absolute Gasteiger partial charge is 0.256 e. The minimum absolute atomic E-state index is 0.215. The molecular weight excluding hydrogens is 306 g/mol. The average Bonchev–Trinajstić information content (AvgIpc) is 2.60.